The van der Waals surface area contributed by atoms with Crippen molar-refractivity contribution in [1.29, 1.82) is 0 Å². The average Bonchev–Trinajstić information content (AvgIpc) is 2.99. The maximum Gasteiger partial charge on any atom is 0.224 e. The molecule has 0 aliphatic carbocycles. The summed E-state index contributed by atoms with van der Waals surface area (Å²) >= 11 is 0. The van der Waals surface area contributed by atoms with Crippen molar-refractivity contribution in [2.45, 2.75) is 43.0 Å². The highest BCUT2D eigenvalue weighted by atomic mass is 32.2. The van der Waals surface area contributed by atoms with Crippen molar-refractivity contribution in [3.8, 4) is 5.75 Å². The van der Waals surface area contributed by atoms with Gasteiger partial charge in [-0.05, 0) is 42.7 Å². The minimum Gasteiger partial charge on any atom is -0.497 e. The highest BCUT2D eigenvalue weighted by Crippen LogP contribution is 2.31. The fourth-order valence-corrected chi connectivity index (χ4v) is 4.94. The van der Waals surface area contributed by atoms with Gasteiger partial charge in [0.05, 0.1) is 23.8 Å². The Kier molecular flexibility index (Phi) is 6.73. The lowest BCUT2D eigenvalue weighted by atomic mass is 10.0. The summed E-state index contributed by atoms with van der Waals surface area (Å²) < 4.78 is 30.3. The molecule has 0 N–H and O–H groups in total. The second-order valence-electron chi connectivity index (χ2n) is 7.11. The molecule has 2 aromatic rings. The molecule has 1 amide bonds. The number of rotatable bonds is 6. The Balaban J connectivity index is 1.73. The number of likely N-dealkylation sites (tertiary alicyclic amines) is 1. The molecule has 1 heterocycles. The van der Waals surface area contributed by atoms with Crippen molar-refractivity contribution in [2.75, 3.05) is 19.4 Å². The molecule has 0 bridgehead atoms. The molecule has 2 aromatic carbocycles. The van der Waals surface area contributed by atoms with E-state index >= 15 is 0 Å². The normalized spacial score (nSPS) is 17.8. The Hall–Kier alpha value is -2.34. The summed E-state index contributed by atoms with van der Waals surface area (Å²) in [6, 6.07) is 16.1. The zero-order chi connectivity index (χ0) is 20.0. The molecule has 0 aromatic heterocycles. The lowest BCUT2D eigenvalue weighted by Gasteiger charge is -2.30. The van der Waals surface area contributed by atoms with Crippen LogP contribution in [0.1, 0.15) is 43.7 Å². The van der Waals surface area contributed by atoms with E-state index in [9.17, 15) is 13.2 Å². The smallest absolute Gasteiger partial charge is 0.224 e. The van der Waals surface area contributed by atoms with Gasteiger partial charge in [0.15, 0.2) is 9.84 Å². The molecule has 0 saturated carbocycles. The molecule has 6 heteroatoms. The van der Waals surface area contributed by atoms with Gasteiger partial charge in [0.1, 0.15) is 5.75 Å². The van der Waals surface area contributed by atoms with Gasteiger partial charge in [-0.15, -0.1) is 0 Å². The number of amides is 1. The van der Waals surface area contributed by atoms with E-state index in [2.05, 4.69) is 0 Å². The first-order valence-electron chi connectivity index (χ1n) is 9.72. The van der Waals surface area contributed by atoms with E-state index < -0.39 is 9.84 Å². The third-order valence-corrected chi connectivity index (χ3v) is 6.99. The van der Waals surface area contributed by atoms with Crippen LogP contribution in [-0.2, 0) is 14.6 Å². The van der Waals surface area contributed by atoms with Crippen LogP contribution in [0.3, 0.4) is 0 Å². The first-order valence-corrected chi connectivity index (χ1v) is 11.4. The van der Waals surface area contributed by atoms with E-state index in [0.29, 0.717) is 6.54 Å². The number of nitrogens with zero attached hydrogens (tertiary/aromatic N) is 1. The maximum absolute atomic E-state index is 13.0. The topological polar surface area (TPSA) is 63.7 Å². The first-order chi connectivity index (χ1) is 13.5. The molecule has 0 radical (unpaired) electrons. The van der Waals surface area contributed by atoms with Gasteiger partial charge >= 0.3 is 0 Å². The first kappa shape index (κ1) is 20.4. The molecule has 1 saturated heterocycles. The third kappa shape index (κ3) is 4.93. The van der Waals surface area contributed by atoms with Crippen LogP contribution in [0.2, 0.25) is 0 Å². The molecular weight excluding hydrogens is 374 g/mol. The average molecular weight is 402 g/mol. The van der Waals surface area contributed by atoms with E-state index in [0.717, 1.165) is 37.0 Å². The summed E-state index contributed by atoms with van der Waals surface area (Å²) in [5, 5.41) is 0. The minimum atomic E-state index is -3.46. The molecule has 3 rings (SSSR count). The lowest BCUT2D eigenvalue weighted by Crippen LogP contribution is -2.35. The van der Waals surface area contributed by atoms with Crippen LogP contribution in [0, 0.1) is 0 Å². The van der Waals surface area contributed by atoms with Gasteiger partial charge in [0.2, 0.25) is 5.91 Å². The van der Waals surface area contributed by atoms with Crippen molar-refractivity contribution in [3.63, 3.8) is 0 Å². The SMILES string of the molecule is COc1ccc([C@@H]2CCCCCN2C(=O)CCS(=O)(=O)c2ccccc2)cc1. The maximum atomic E-state index is 13.0. The number of sulfone groups is 1. The summed E-state index contributed by atoms with van der Waals surface area (Å²) in [5.74, 6) is 0.522. The Morgan fingerprint density at radius 1 is 1.04 bits per heavy atom. The van der Waals surface area contributed by atoms with Crippen LogP contribution in [0.15, 0.2) is 59.5 Å². The summed E-state index contributed by atoms with van der Waals surface area (Å²) in [6.07, 6.45) is 3.98. The van der Waals surface area contributed by atoms with Crippen LogP contribution in [-0.4, -0.2) is 38.6 Å². The zero-order valence-electron chi connectivity index (χ0n) is 16.2. The van der Waals surface area contributed by atoms with Crippen LogP contribution < -0.4 is 4.74 Å². The molecule has 1 atom stereocenters. The number of methoxy groups -OCH3 is 1. The molecule has 28 heavy (non-hydrogen) atoms. The molecule has 150 valence electrons. The second kappa shape index (κ2) is 9.24. The standard InChI is InChI=1S/C22H27NO4S/c1-27-19-13-11-18(12-14-19)21-10-6-3-7-16-23(21)22(24)15-17-28(25,26)20-8-4-2-5-9-20/h2,4-5,8-9,11-14,21H,3,6-7,10,15-17H2,1H3/t21-/m0/s1. The summed E-state index contributed by atoms with van der Waals surface area (Å²) in [4.78, 5) is 15.1. The molecule has 1 aliphatic heterocycles. The predicted molar refractivity (Wildman–Crippen MR) is 109 cm³/mol. The Morgan fingerprint density at radius 3 is 2.43 bits per heavy atom. The van der Waals surface area contributed by atoms with Gasteiger partial charge in [-0.25, -0.2) is 8.42 Å². The lowest BCUT2D eigenvalue weighted by molar-refractivity contribution is -0.133. The highest BCUT2D eigenvalue weighted by Gasteiger charge is 2.28. The van der Waals surface area contributed by atoms with Crippen molar-refractivity contribution < 1.29 is 17.9 Å². The van der Waals surface area contributed by atoms with Crippen LogP contribution in [0.25, 0.3) is 0 Å². The second-order valence-corrected chi connectivity index (χ2v) is 9.22. The number of benzene rings is 2. The van der Waals surface area contributed by atoms with E-state index in [1.54, 1.807) is 37.4 Å². The fourth-order valence-electron chi connectivity index (χ4n) is 3.69. The minimum absolute atomic E-state index is 0.00385. The molecule has 1 fully saturated rings. The fraction of sp³-hybridized carbons (Fsp3) is 0.409. The summed E-state index contributed by atoms with van der Waals surface area (Å²) in [7, 11) is -1.83. The Bertz CT molecular complexity index is 879. The molecule has 0 unspecified atom stereocenters. The van der Waals surface area contributed by atoms with E-state index in [1.807, 2.05) is 29.2 Å². The zero-order valence-corrected chi connectivity index (χ0v) is 17.0. The number of carbonyl (C=O) groups is 1. The highest BCUT2D eigenvalue weighted by molar-refractivity contribution is 7.91. The van der Waals surface area contributed by atoms with Crippen molar-refractivity contribution in [3.05, 3.63) is 60.2 Å². The Labute approximate surface area is 167 Å². The predicted octanol–water partition coefficient (Wildman–Crippen LogP) is 4.00. The van der Waals surface area contributed by atoms with Crippen molar-refractivity contribution >= 4 is 15.7 Å². The summed E-state index contributed by atoms with van der Waals surface area (Å²) in [6.45, 7) is 0.668. The number of ether oxygens (including phenoxy) is 1. The van der Waals surface area contributed by atoms with Crippen LogP contribution >= 0.6 is 0 Å². The van der Waals surface area contributed by atoms with E-state index in [4.69, 9.17) is 4.74 Å². The molecule has 5 nitrogen and oxygen atoms in total. The largest absolute Gasteiger partial charge is 0.497 e. The van der Waals surface area contributed by atoms with E-state index in [1.165, 1.54) is 0 Å². The van der Waals surface area contributed by atoms with E-state index in [-0.39, 0.29) is 29.0 Å². The van der Waals surface area contributed by atoms with Gasteiger partial charge in [-0.3, -0.25) is 4.79 Å². The monoisotopic (exact) mass is 401 g/mol. The quantitative estimate of drug-likeness (QED) is 0.734. The number of carbonyl (C=O) groups excluding carboxylic acids is 1. The molecule has 1 aliphatic rings. The van der Waals surface area contributed by atoms with Gasteiger partial charge in [0.25, 0.3) is 0 Å². The number of hydrogen-bond donors (Lipinski definition) is 0. The van der Waals surface area contributed by atoms with Gasteiger partial charge < -0.3 is 9.64 Å². The Morgan fingerprint density at radius 2 is 1.75 bits per heavy atom. The van der Waals surface area contributed by atoms with Crippen LogP contribution in [0.4, 0.5) is 0 Å². The molecule has 0 spiro atoms. The molecular formula is C22H27NO4S. The number of hydrogen-bond acceptors (Lipinski definition) is 4. The van der Waals surface area contributed by atoms with Crippen LogP contribution in [0.5, 0.6) is 5.75 Å². The van der Waals surface area contributed by atoms with Gasteiger partial charge in [0, 0.05) is 13.0 Å². The van der Waals surface area contributed by atoms with Gasteiger partial charge in [-0.2, -0.15) is 0 Å². The van der Waals surface area contributed by atoms with Gasteiger partial charge in [-0.1, -0.05) is 43.2 Å². The van der Waals surface area contributed by atoms with Crippen molar-refractivity contribution in [1.82, 2.24) is 4.90 Å². The van der Waals surface area contributed by atoms with Crippen molar-refractivity contribution in [2.24, 2.45) is 0 Å². The summed E-state index contributed by atoms with van der Waals surface area (Å²) in [5.41, 5.74) is 1.07. The third-order valence-electron chi connectivity index (χ3n) is 5.26.